The van der Waals surface area contributed by atoms with Crippen molar-refractivity contribution >= 4 is 11.9 Å². The summed E-state index contributed by atoms with van der Waals surface area (Å²) in [5, 5.41) is 7.18. The van der Waals surface area contributed by atoms with E-state index in [2.05, 4.69) is 66.0 Å². The molecule has 4 rings (SSSR count). The molecule has 44 heavy (non-hydrogen) atoms. The van der Waals surface area contributed by atoms with Gasteiger partial charge >= 0.3 is 11.9 Å². The van der Waals surface area contributed by atoms with Gasteiger partial charge in [0.05, 0.1) is 0 Å². The van der Waals surface area contributed by atoms with Crippen molar-refractivity contribution in [3.63, 3.8) is 0 Å². The molecular formula is C36H56F2N2O4. The van der Waals surface area contributed by atoms with Crippen molar-refractivity contribution in [1.29, 1.82) is 0 Å². The van der Waals surface area contributed by atoms with Crippen LogP contribution in [0.4, 0.5) is 8.78 Å². The van der Waals surface area contributed by atoms with Crippen molar-refractivity contribution in [2.45, 2.75) is 173 Å². The molecule has 2 N–H and O–H groups in total. The van der Waals surface area contributed by atoms with E-state index >= 15 is 8.78 Å². The SMILES string of the molecule is CC1(C)CC(OC(=O)CCc2cc(F)c(C3CCC(CCC(=O)OC4CC(C)(C)NC(C)(C)C4)CC3)cc2F)CC(C)(C)N1. The van der Waals surface area contributed by atoms with Gasteiger partial charge in [-0.25, -0.2) is 8.78 Å². The molecule has 3 aliphatic rings. The van der Waals surface area contributed by atoms with Crippen molar-refractivity contribution < 1.29 is 27.8 Å². The molecule has 2 saturated heterocycles. The van der Waals surface area contributed by atoms with Gasteiger partial charge < -0.3 is 20.1 Å². The van der Waals surface area contributed by atoms with Crippen LogP contribution in [0.25, 0.3) is 0 Å². The van der Waals surface area contributed by atoms with Crippen LogP contribution < -0.4 is 10.6 Å². The van der Waals surface area contributed by atoms with E-state index < -0.39 is 11.6 Å². The summed E-state index contributed by atoms with van der Waals surface area (Å²) in [6.45, 7) is 16.9. The van der Waals surface area contributed by atoms with E-state index in [0.717, 1.165) is 44.9 Å². The first-order valence-electron chi connectivity index (χ1n) is 16.8. The average molecular weight is 619 g/mol. The number of carbonyl (C=O) groups excluding carboxylic acids is 2. The maximum Gasteiger partial charge on any atom is 0.306 e. The van der Waals surface area contributed by atoms with E-state index in [4.69, 9.17) is 9.47 Å². The Morgan fingerprint density at radius 3 is 1.64 bits per heavy atom. The van der Waals surface area contributed by atoms with Crippen LogP contribution in [0.2, 0.25) is 0 Å². The third-order valence-corrected chi connectivity index (χ3v) is 9.71. The lowest BCUT2D eigenvalue weighted by Crippen LogP contribution is -2.59. The maximum absolute atomic E-state index is 15.2. The van der Waals surface area contributed by atoms with Gasteiger partial charge in [0.1, 0.15) is 23.8 Å². The summed E-state index contributed by atoms with van der Waals surface area (Å²) >= 11 is 0. The van der Waals surface area contributed by atoms with Crippen LogP contribution in [-0.4, -0.2) is 46.3 Å². The Morgan fingerprint density at radius 1 is 0.705 bits per heavy atom. The highest BCUT2D eigenvalue weighted by atomic mass is 19.1. The second-order valence-electron chi connectivity index (χ2n) is 16.5. The molecule has 0 unspecified atom stereocenters. The number of rotatable bonds is 9. The summed E-state index contributed by atoms with van der Waals surface area (Å²) in [4.78, 5) is 25.3. The van der Waals surface area contributed by atoms with Gasteiger partial charge in [0.25, 0.3) is 0 Å². The summed E-state index contributed by atoms with van der Waals surface area (Å²) in [5.41, 5.74) is 0.177. The van der Waals surface area contributed by atoms with Crippen molar-refractivity contribution in [3.05, 3.63) is 34.9 Å². The normalized spacial score (nSPS) is 26.6. The zero-order chi connectivity index (χ0) is 32.5. The number of hydrogen-bond acceptors (Lipinski definition) is 6. The highest BCUT2D eigenvalue weighted by molar-refractivity contribution is 5.70. The number of piperidine rings is 2. The Hall–Kier alpha value is -2.06. The fourth-order valence-electron chi connectivity index (χ4n) is 8.54. The zero-order valence-corrected chi connectivity index (χ0v) is 28.3. The van der Waals surface area contributed by atoms with Crippen LogP contribution >= 0.6 is 0 Å². The molecule has 2 aliphatic heterocycles. The number of esters is 2. The number of hydrogen-bond donors (Lipinski definition) is 2. The number of carbonyl (C=O) groups is 2. The predicted octanol–water partition coefficient (Wildman–Crippen LogP) is 7.66. The number of nitrogens with one attached hydrogen (secondary N) is 2. The van der Waals surface area contributed by atoms with Gasteiger partial charge in [-0.3, -0.25) is 9.59 Å². The number of benzene rings is 1. The highest BCUT2D eigenvalue weighted by Crippen LogP contribution is 2.39. The van der Waals surface area contributed by atoms with Crippen molar-refractivity contribution in [1.82, 2.24) is 10.6 Å². The van der Waals surface area contributed by atoms with Gasteiger partial charge in [-0.1, -0.05) is 0 Å². The largest absolute Gasteiger partial charge is 0.462 e. The number of aryl methyl sites for hydroxylation is 1. The minimum atomic E-state index is -0.465. The van der Waals surface area contributed by atoms with Crippen LogP contribution in [0.1, 0.15) is 143 Å². The quantitative estimate of drug-likeness (QED) is 0.277. The standard InChI is InChI=1S/C36H56F2N2O4/c1-33(2)19-26(20-34(3,4)39-33)43-31(41)15-11-23-9-12-24(13-10-23)28-18-29(37)25(17-30(28)38)14-16-32(42)44-27-21-35(5,6)40-36(7,8)22-27/h17-18,23-24,26-27,39-40H,9-16,19-22H2,1-8H3. The molecule has 6 nitrogen and oxygen atoms in total. The van der Waals surface area contributed by atoms with Crippen molar-refractivity contribution in [3.8, 4) is 0 Å². The second-order valence-corrected chi connectivity index (χ2v) is 16.5. The van der Waals surface area contributed by atoms with E-state index in [0.29, 0.717) is 30.7 Å². The van der Waals surface area contributed by atoms with Gasteiger partial charge in [0.15, 0.2) is 0 Å². The van der Waals surface area contributed by atoms with Crippen molar-refractivity contribution in [2.75, 3.05) is 0 Å². The van der Waals surface area contributed by atoms with E-state index in [1.54, 1.807) is 0 Å². The van der Waals surface area contributed by atoms with Gasteiger partial charge in [0, 0.05) is 60.7 Å². The Morgan fingerprint density at radius 2 is 1.16 bits per heavy atom. The highest BCUT2D eigenvalue weighted by Gasteiger charge is 2.40. The molecule has 248 valence electrons. The smallest absolute Gasteiger partial charge is 0.306 e. The summed E-state index contributed by atoms with van der Waals surface area (Å²) in [5.74, 6) is -1.05. The maximum atomic E-state index is 15.2. The molecular weight excluding hydrogens is 562 g/mol. The molecule has 3 fully saturated rings. The van der Waals surface area contributed by atoms with Gasteiger partial charge in [0.2, 0.25) is 0 Å². The molecule has 2 heterocycles. The molecule has 1 saturated carbocycles. The lowest BCUT2D eigenvalue weighted by molar-refractivity contribution is -0.154. The molecule has 0 bridgehead atoms. The lowest BCUT2D eigenvalue weighted by Gasteiger charge is -2.46. The molecule has 1 aromatic rings. The molecule has 0 atom stereocenters. The van der Waals surface area contributed by atoms with E-state index in [-0.39, 0.29) is 70.6 Å². The molecule has 0 amide bonds. The van der Waals surface area contributed by atoms with Crippen LogP contribution in [-0.2, 0) is 25.5 Å². The Bertz CT molecular complexity index is 1150. The molecule has 0 aromatic heterocycles. The Balaban J connectivity index is 1.21. The summed E-state index contributed by atoms with van der Waals surface area (Å²) < 4.78 is 41.9. The third kappa shape index (κ3) is 9.97. The summed E-state index contributed by atoms with van der Waals surface area (Å²) in [6, 6.07) is 2.60. The van der Waals surface area contributed by atoms with E-state index in [1.807, 2.05) is 0 Å². The van der Waals surface area contributed by atoms with Crippen LogP contribution in [0.5, 0.6) is 0 Å². The first-order valence-corrected chi connectivity index (χ1v) is 16.8. The fourth-order valence-corrected chi connectivity index (χ4v) is 8.54. The monoisotopic (exact) mass is 618 g/mol. The fraction of sp³-hybridized carbons (Fsp3) is 0.778. The third-order valence-electron chi connectivity index (χ3n) is 9.71. The summed E-state index contributed by atoms with van der Waals surface area (Å²) in [6.07, 6.45) is 7.31. The minimum absolute atomic E-state index is 0.0151. The van der Waals surface area contributed by atoms with Crippen molar-refractivity contribution in [2.24, 2.45) is 5.92 Å². The molecule has 1 aromatic carbocycles. The van der Waals surface area contributed by atoms with Gasteiger partial charge in [-0.2, -0.15) is 0 Å². The predicted molar refractivity (Wildman–Crippen MR) is 169 cm³/mol. The van der Waals surface area contributed by atoms with Gasteiger partial charge in [-0.05, 0) is 129 Å². The first kappa shape index (κ1) is 34.8. The second kappa shape index (κ2) is 13.4. The van der Waals surface area contributed by atoms with Crippen LogP contribution in [0.15, 0.2) is 12.1 Å². The zero-order valence-electron chi connectivity index (χ0n) is 28.3. The van der Waals surface area contributed by atoms with Crippen LogP contribution in [0.3, 0.4) is 0 Å². The van der Waals surface area contributed by atoms with Gasteiger partial charge in [-0.15, -0.1) is 0 Å². The molecule has 1 aliphatic carbocycles. The Kier molecular flexibility index (Phi) is 10.6. The average Bonchev–Trinajstić information content (AvgIpc) is 2.84. The topological polar surface area (TPSA) is 76.7 Å². The Labute approximate surface area is 263 Å². The molecule has 0 radical (unpaired) electrons. The molecule has 0 spiro atoms. The first-order chi connectivity index (χ1) is 20.3. The van der Waals surface area contributed by atoms with E-state index in [9.17, 15) is 9.59 Å². The number of ether oxygens (including phenoxy) is 2. The summed E-state index contributed by atoms with van der Waals surface area (Å²) in [7, 11) is 0. The minimum Gasteiger partial charge on any atom is -0.462 e. The number of halogens is 2. The van der Waals surface area contributed by atoms with Crippen LogP contribution in [0, 0.1) is 17.6 Å². The lowest BCUT2D eigenvalue weighted by atomic mass is 9.77. The van der Waals surface area contributed by atoms with E-state index in [1.165, 1.54) is 12.1 Å². The molecule has 8 heteroatoms.